The maximum atomic E-state index is 12.1. The third-order valence-corrected chi connectivity index (χ3v) is 4.61. The number of fused-ring (bicyclic) bond motifs is 1. The molecule has 22 heavy (non-hydrogen) atoms. The third kappa shape index (κ3) is 2.59. The number of ketones is 1. The maximum Gasteiger partial charge on any atom is 0.261 e. The monoisotopic (exact) mass is 333 g/mol. The molecule has 1 atom stereocenters. The number of hydrogen-bond donors (Lipinski definition) is 2. The number of thiophene rings is 1. The molecule has 0 aliphatic carbocycles. The van der Waals surface area contributed by atoms with E-state index in [9.17, 15) is 14.7 Å². The van der Waals surface area contributed by atoms with Crippen LogP contribution >= 0.6 is 22.9 Å². The van der Waals surface area contributed by atoms with E-state index in [4.69, 9.17) is 11.6 Å². The van der Waals surface area contributed by atoms with E-state index in [-0.39, 0.29) is 22.8 Å². The Balaban J connectivity index is 1.86. The van der Waals surface area contributed by atoms with E-state index >= 15 is 0 Å². The predicted molar refractivity (Wildman–Crippen MR) is 87.0 cm³/mol. The lowest BCUT2D eigenvalue weighted by Crippen LogP contribution is -2.36. The molecule has 0 bridgehead atoms. The molecule has 1 amide bonds. The summed E-state index contributed by atoms with van der Waals surface area (Å²) in [5, 5.41) is 15.4. The van der Waals surface area contributed by atoms with Gasteiger partial charge in [0, 0.05) is 21.2 Å². The molecular formula is C16H12ClNO3S. The summed E-state index contributed by atoms with van der Waals surface area (Å²) < 4.78 is 0. The van der Waals surface area contributed by atoms with Gasteiger partial charge < -0.3 is 10.4 Å². The highest BCUT2D eigenvalue weighted by Crippen LogP contribution is 2.42. The van der Waals surface area contributed by atoms with Crippen molar-refractivity contribution in [3.63, 3.8) is 0 Å². The molecule has 1 aliphatic rings. The van der Waals surface area contributed by atoms with Crippen LogP contribution in [0.3, 0.4) is 0 Å². The highest BCUT2D eigenvalue weighted by Gasteiger charge is 2.47. The number of halogens is 1. The van der Waals surface area contributed by atoms with Crippen LogP contribution in [0.25, 0.3) is 6.08 Å². The second kappa shape index (κ2) is 5.68. The number of amides is 1. The molecule has 1 aromatic heterocycles. The zero-order chi connectivity index (χ0) is 15.7. The summed E-state index contributed by atoms with van der Waals surface area (Å²) >= 11 is 7.58. The molecule has 6 heteroatoms. The van der Waals surface area contributed by atoms with Crippen LogP contribution in [-0.2, 0) is 15.2 Å². The van der Waals surface area contributed by atoms with Gasteiger partial charge in [-0.05, 0) is 35.7 Å². The number of aliphatic hydroxyl groups is 1. The first-order valence-electron chi connectivity index (χ1n) is 6.58. The van der Waals surface area contributed by atoms with Crippen LogP contribution in [0.4, 0.5) is 5.69 Å². The fourth-order valence-corrected chi connectivity index (χ4v) is 3.38. The Morgan fingerprint density at radius 1 is 1.36 bits per heavy atom. The number of allylic oxidation sites excluding steroid dienone is 1. The first-order chi connectivity index (χ1) is 10.5. The number of nitrogens with one attached hydrogen (secondary N) is 1. The molecule has 0 saturated carbocycles. The van der Waals surface area contributed by atoms with Crippen molar-refractivity contribution in [1.29, 1.82) is 0 Å². The number of rotatable bonds is 4. The predicted octanol–water partition coefficient (Wildman–Crippen LogP) is 3.21. The van der Waals surface area contributed by atoms with E-state index in [1.807, 2.05) is 17.5 Å². The summed E-state index contributed by atoms with van der Waals surface area (Å²) in [6, 6.07) is 8.65. The minimum atomic E-state index is -1.93. The highest BCUT2D eigenvalue weighted by atomic mass is 35.5. The lowest BCUT2D eigenvalue weighted by Gasteiger charge is -2.20. The SMILES string of the molecule is O=C(/C=C/c1cccs1)C[C@@]1(O)C(=O)Nc2cccc(Cl)c21. The third-order valence-electron chi connectivity index (χ3n) is 3.46. The Kier molecular flexibility index (Phi) is 3.87. The topological polar surface area (TPSA) is 66.4 Å². The van der Waals surface area contributed by atoms with E-state index < -0.39 is 11.5 Å². The summed E-state index contributed by atoms with van der Waals surface area (Å²) in [5.74, 6) is -0.979. The molecule has 3 rings (SSSR count). The van der Waals surface area contributed by atoms with Crippen LogP contribution in [0.15, 0.2) is 41.8 Å². The van der Waals surface area contributed by atoms with Gasteiger partial charge in [-0.3, -0.25) is 9.59 Å². The van der Waals surface area contributed by atoms with Gasteiger partial charge in [-0.25, -0.2) is 0 Å². The maximum absolute atomic E-state index is 12.1. The minimum absolute atomic E-state index is 0.258. The summed E-state index contributed by atoms with van der Waals surface area (Å²) in [5.41, 5.74) is -1.22. The van der Waals surface area contributed by atoms with Crippen molar-refractivity contribution < 1.29 is 14.7 Å². The standard InChI is InChI=1S/C16H12ClNO3S/c17-12-4-1-5-13-14(12)16(21,15(20)18-13)9-10(19)6-7-11-3-2-8-22-11/h1-8,21H,9H2,(H,18,20)/b7-6+/t16-/m0/s1. The Labute approximate surface area is 136 Å². The van der Waals surface area contributed by atoms with E-state index in [1.54, 1.807) is 24.3 Å². The van der Waals surface area contributed by atoms with E-state index in [0.717, 1.165) is 4.88 Å². The molecule has 2 N–H and O–H groups in total. The number of carbonyl (C=O) groups is 2. The lowest BCUT2D eigenvalue weighted by molar-refractivity contribution is -0.138. The molecule has 0 radical (unpaired) electrons. The first kappa shape index (κ1) is 15.0. The minimum Gasteiger partial charge on any atom is -0.375 e. The highest BCUT2D eigenvalue weighted by molar-refractivity contribution is 7.10. The number of carbonyl (C=O) groups excluding carboxylic acids is 2. The van der Waals surface area contributed by atoms with Gasteiger partial charge in [0.25, 0.3) is 5.91 Å². The first-order valence-corrected chi connectivity index (χ1v) is 7.84. The van der Waals surface area contributed by atoms with Crippen LogP contribution < -0.4 is 5.32 Å². The Bertz CT molecular complexity index is 770. The van der Waals surface area contributed by atoms with Crippen molar-refractivity contribution in [3.05, 3.63) is 57.3 Å². The molecular weight excluding hydrogens is 322 g/mol. The van der Waals surface area contributed by atoms with Crippen molar-refractivity contribution >= 4 is 46.4 Å². The fourth-order valence-electron chi connectivity index (χ4n) is 2.43. The van der Waals surface area contributed by atoms with Crippen LogP contribution in [0.1, 0.15) is 16.9 Å². The van der Waals surface area contributed by atoms with Gasteiger partial charge >= 0.3 is 0 Å². The van der Waals surface area contributed by atoms with Crippen molar-refractivity contribution in [2.75, 3.05) is 5.32 Å². The van der Waals surface area contributed by atoms with Crippen LogP contribution in [0.2, 0.25) is 5.02 Å². The molecule has 1 aromatic carbocycles. The summed E-state index contributed by atoms with van der Waals surface area (Å²) in [6.07, 6.45) is 2.68. The molecule has 0 fully saturated rings. The molecule has 4 nitrogen and oxygen atoms in total. The van der Waals surface area contributed by atoms with Crippen LogP contribution in [0, 0.1) is 0 Å². The van der Waals surface area contributed by atoms with Crippen molar-refractivity contribution in [3.8, 4) is 0 Å². The Hall–Kier alpha value is -1.95. The van der Waals surface area contributed by atoms with Gasteiger partial charge in [-0.2, -0.15) is 0 Å². The summed E-state index contributed by atoms with van der Waals surface area (Å²) in [6.45, 7) is 0. The van der Waals surface area contributed by atoms with Crippen LogP contribution in [-0.4, -0.2) is 16.8 Å². The van der Waals surface area contributed by atoms with Crippen LogP contribution in [0.5, 0.6) is 0 Å². The quantitative estimate of drug-likeness (QED) is 0.844. The van der Waals surface area contributed by atoms with E-state index in [2.05, 4.69) is 5.32 Å². The zero-order valence-electron chi connectivity index (χ0n) is 11.4. The molecule has 0 saturated heterocycles. The summed E-state index contributed by atoms with van der Waals surface area (Å²) in [7, 11) is 0. The van der Waals surface area contributed by atoms with E-state index in [0.29, 0.717) is 5.69 Å². The zero-order valence-corrected chi connectivity index (χ0v) is 12.9. The van der Waals surface area contributed by atoms with E-state index in [1.165, 1.54) is 17.4 Å². The molecule has 0 unspecified atom stereocenters. The van der Waals surface area contributed by atoms with Crippen molar-refractivity contribution in [2.24, 2.45) is 0 Å². The normalized spacial score (nSPS) is 20.2. The van der Waals surface area contributed by atoms with Gasteiger partial charge in [0.15, 0.2) is 11.4 Å². The smallest absolute Gasteiger partial charge is 0.261 e. The average Bonchev–Trinajstić information content (AvgIpc) is 3.05. The van der Waals surface area contributed by atoms with Gasteiger partial charge in [0.05, 0.1) is 6.42 Å². The molecule has 1 aliphatic heterocycles. The Morgan fingerprint density at radius 3 is 2.91 bits per heavy atom. The second-order valence-electron chi connectivity index (χ2n) is 4.97. The fraction of sp³-hybridized carbons (Fsp3) is 0.125. The molecule has 2 heterocycles. The molecule has 0 spiro atoms. The molecule has 2 aromatic rings. The average molecular weight is 334 g/mol. The summed E-state index contributed by atoms with van der Waals surface area (Å²) in [4.78, 5) is 25.1. The lowest BCUT2D eigenvalue weighted by atomic mass is 9.89. The van der Waals surface area contributed by atoms with Crippen molar-refractivity contribution in [2.45, 2.75) is 12.0 Å². The van der Waals surface area contributed by atoms with Gasteiger partial charge in [0.2, 0.25) is 0 Å². The van der Waals surface area contributed by atoms with Gasteiger partial charge in [0.1, 0.15) is 0 Å². The van der Waals surface area contributed by atoms with Crippen molar-refractivity contribution in [1.82, 2.24) is 0 Å². The second-order valence-corrected chi connectivity index (χ2v) is 6.36. The molecule has 112 valence electrons. The number of anilines is 1. The number of benzene rings is 1. The van der Waals surface area contributed by atoms with Gasteiger partial charge in [-0.1, -0.05) is 23.7 Å². The Morgan fingerprint density at radius 2 is 2.18 bits per heavy atom. The number of hydrogen-bond acceptors (Lipinski definition) is 4. The largest absolute Gasteiger partial charge is 0.375 e. The van der Waals surface area contributed by atoms with Gasteiger partial charge in [-0.15, -0.1) is 11.3 Å².